The number of nitriles is 1. The van der Waals surface area contributed by atoms with Gasteiger partial charge in [0.25, 0.3) is 10.0 Å². The zero-order valence-electron chi connectivity index (χ0n) is 19.5. The van der Waals surface area contributed by atoms with Crippen molar-refractivity contribution >= 4 is 26.8 Å². The van der Waals surface area contributed by atoms with Crippen molar-refractivity contribution in [1.82, 2.24) is 33.5 Å². The van der Waals surface area contributed by atoms with Crippen LogP contribution in [-0.2, 0) is 16.4 Å². The minimum atomic E-state index is -3.80. The van der Waals surface area contributed by atoms with E-state index < -0.39 is 10.0 Å². The lowest BCUT2D eigenvalue weighted by Gasteiger charge is -2.11. The predicted molar refractivity (Wildman–Crippen MR) is 131 cm³/mol. The Morgan fingerprint density at radius 2 is 1.86 bits per heavy atom. The Labute approximate surface area is 207 Å². The molecule has 0 N–H and O–H groups in total. The topological polar surface area (TPSA) is 132 Å². The van der Waals surface area contributed by atoms with Gasteiger partial charge < -0.3 is 0 Å². The van der Waals surface area contributed by atoms with E-state index >= 15 is 0 Å². The fourth-order valence-electron chi connectivity index (χ4n) is 5.04. The number of aromatic nitrogens is 7. The third kappa shape index (κ3) is 3.70. The van der Waals surface area contributed by atoms with E-state index in [1.807, 2.05) is 17.4 Å². The molecule has 1 aliphatic carbocycles. The van der Waals surface area contributed by atoms with Gasteiger partial charge in [0.2, 0.25) is 0 Å². The Bertz CT molecular complexity index is 1730. The average molecular weight is 499 g/mol. The minimum Gasteiger partial charge on any atom is -0.274 e. The van der Waals surface area contributed by atoms with Crippen LogP contribution in [0.15, 0.2) is 60.0 Å². The van der Waals surface area contributed by atoms with Crippen LogP contribution in [0.3, 0.4) is 0 Å². The molecule has 1 aliphatic rings. The molecule has 5 aromatic rings. The molecule has 0 aliphatic heterocycles. The first kappa shape index (κ1) is 22.3. The van der Waals surface area contributed by atoms with Gasteiger partial charge in [0, 0.05) is 18.3 Å². The molecule has 1 fully saturated rings. The molecule has 0 bridgehead atoms. The Hall–Kier alpha value is -4.17. The summed E-state index contributed by atoms with van der Waals surface area (Å²) in [5.41, 5.74) is 3.75. The first-order valence-electron chi connectivity index (χ1n) is 11.7. The fourth-order valence-corrected chi connectivity index (χ4v) is 6.34. The second-order valence-electron chi connectivity index (χ2n) is 9.23. The van der Waals surface area contributed by atoms with Gasteiger partial charge in [-0.15, -0.1) is 10.2 Å². The van der Waals surface area contributed by atoms with E-state index in [0.717, 1.165) is 42.8 Å². The lowest BCUT2D eigenvalue weighted by Crippen LogP contribution is -2.13. The molecule has 180 valence electrons. The van der Waals surface area contributed by atoms with Crippen molar-refractivity contribution in [3.05, 3.63) is 77.9 Å². The number of benzene rings is 1. The minimum absolute atomic E-state index is 0.180. The normalized spacial score (nSPS) is 18.1. The predicted octanol–water partition coefficient (Wildman–Crippen LogP) is 3.41. The second kappa shape index (κ2) is 8.49. The highest BCUT2D eigenvalue weighted by Gasteiger charge is 2.31. The van der Waals surface area contributed by atoms with Gasteiger partial charge in [-0.05, 0) is 56.7 Å². The maximum atomic E-state index is 13.3. The Balaban J connectivity index is 1.32. The van der Waals surface area contributed by atoms with Crippen LogP contribution in [0.4, 0.5) is 0 Å². The first-order chi connectivity index (χ1) is 17.4. The molecule has 0 unspecified atom stereocenters. The van der Waals surface area contributed by atoms with Crippen molar-refractivity contribution < 1.29 is 8.42 Å². The van der Waals surface area contributed by atoms with Crippen molar-refractivity contribution in [3.8, 4) is 6.07 Å². The van der Waals surface area contributed by atoms with Crippen molar-refractivity contribution in [2.24, 2.45) is 5.92 Å². The summed E-state index contributed by atoms with van der Waals surface area (Å²) in [6.45, 7) is 1.92. The highest BCUT2D eigenvalue weighted by atomic mass is 32.2. The van der Waals surface area contributed by atoms with E-state index in [1.54, 1.807) is 42.7 Å². The van der Waals surface area contributed by atoms with Gasteiger partial charge in [-0.1, -0.05) is 17.7 Å². The number of rotatable bonds is 5. The summed E-state index contributed by atoms with van der Waals surface area (Å²) in [6, 6.07) is 10.5. The second-order valence-corrected chi connectivity index (χ2v) is 11.0. The van der Waals surface area contributed by atoms with E-state index in [4.69, 9.17) is 5.26 Å². The fraction of sp³-hybridized carbons (Fsp3) is 0.280. The van der Waals surface area contributed by atoms with Crippen molar-refractivity contribution in [1.29, 1.82) is 5.26 Å². The molecule has 1 aromatic carbocycles. The van der Waals surface area contributed by atoms with Gasteiger partial charge in [-0.2, -0.15) is 5.26 Å². The number of fused-ring (bicyclic) bond motifs is 3. The third-order valence-electron chi connectivity index (χ3n) is 6.86. The van der Waals surface area contributed by atoms with Crippen LogP contribution in [0.1, 0.15) is 48.0 Å². The lowest BCUT2D eigenvalue weighted by atomic mass is 9.99. The summed E-state index contributed by atoms with van der Waals surface area (Å²) >= 11 is 0. The summed E-state index contributed by atoms with van der Waals surface area (Å²) in [5, 5.41) is 17.7. The Morgan fingerprint density at radius 3 is 2.61 bits per heavy atom. The molecule has 6 rings (SSSR count). The van der Waals surface area contributed by atoms with E-state index in [1.165, 1.54) is 16.4 Å². The molecule has 0 saturated heterocycles. The van der Waals surface area contributed by atoms with Crippen LogP contribution in [0, 0.1) is 24.2 Å². The van der Waals surface area contributed by atoms with Crippen LogP contribution in [0.5, 0.6) is 0 Å². The zero-order chi connectivity index (χ0) is 24.9. The van der Waals surface area contributed by atoms with Gasteiger partial charge in [0.05, 0.1) is 28.5 Å². The summed E-state index contributed by atoms with van der Waals surface area (Å²) in [6.07, 6.45) is 9.94. The summed E-state index contributed by atoms with van der Waals surface area (Å²) in [7, 11) is -3.80. The van der Waals surface area contributed by atoms with Crippen molar-refractivity contribution in [2.45, 2.75) is 43.4 Å². The molecular weight excluding hydrogens is 476 g/mol. The molecule has 10 nitrogen and oxygen atoms in total. The zero-order valence-corrected chi connectivity index (χ0v) is 20.3. The van der Waals surface area contributed by atoms with Gasteiger partial charge in [0.15, 0.2) is 17.0 Å². The van der Waals surface area contributed by atoms with Crippen molar-refractivity contribution in [2.75, 3.05) is 0 Å². The molecule has 1 saturated carbocycles. The molecule has 2 atom stereocenters. The van der Waals surface area contributed by atoms with Gasteiger partial charge in [-0.25, -0.2) is 22.4 Å². The maximum absolute atomic E-state index is 13.3. The van der Waals surface area contributed by atoms with Gasteiger partial charge in [0.1, 0.15) is 11.9 Å². The van der Waals surface area contributed by atoms with Crippen LogP contribution >= 0.6 is 0 Å². The average Bonchev–Trinajstić information content (AvgIpc) is 3.62. The number of nitrogens with zero attached hydrogens (tertiary/aromatic N) is 8. The van der Waals surface area contributed by atoms with E-state index in [2.05, 4.69) is 25.1 Å². The summed E-state index contributed by atoms with van der Waals surface area (Å²) in [4.78, 5) is 13.1. The Kier molecular flexibility index (Phi) is 5.26. The highest BCUT2D eigenvalue weighted by Crippen LogP contribution is 2.39. The highest BCUT2D eigenvalue weighted by molar-refractivity contribution is 7.90. The van der Waals surface area contributed by atoms with Crippen LogP contribution in [-0.4, -0.2) is 41.9 Å². The van der Waals surface area contributed by atoms with E-state index in [0.29, 0.717) is 28.4 Å². The molecule has 36 heavy (non-hydrogen) atoms. The maximum Gasteiger partial charge on any atom is 0.269 e. The smallest absolute Gasteiger partial charge is 0.269 e. The van der Waals surface area contributed by atoms with Crippen molar-refractivity contribution in [3.63, 3.8) is 0 Å². The van der Waals surface area contributed by atoms with Gasteiger partial charge in [-0.3, -0.25) is 9.38 Å². The van der Waals surface area contributed by atoms with Crippen LogP contribution < -0.4 is 0 Å². The summed E-state index contributed by atoms with van der Waals surface area (Å²) in [5.74, 6) is 1.41. The largest absolute Gasteiger partial charge is 0.274 e. The van der Waals surface area contributed by atoms with E-state index in [-0.39, 0.29) is 10.8 Å². The first-order valence-corrected chi connectivity index (χ1v) is 13.1. The molecule has 0 radical (unpaired) electrons. The lowest BCUT2D eigenvalue weighted by molar-refractivity contribution is 0.522. The molecule has 4 aromatic heterocycles. The molecule has 0 spiro atoms. The number of hydrogen-bond donors (Lipinski definition) is 0. The monoisotopic (exact) mass is 498 g/mol. The number of hydrogen-bond acceptors (Lipinski definition) is 8. The number of aryl methyl sites for hydroxylation is 1. The molecule has 4 heterocycles. The standard InChI is InChI=1S/C25H22N8O2S/c1-16-2-6-21(7-3-16)36(34,35)32-9-8-22-25(32)29-15-23-30-31-24(33(22)23)18-5-4-17(10-18)11-19-13-28-20(12-26)14-27-19/h2-3,6-9,13-15,17-18H,4-5,10-11H2,1H3/t17-,18+/m0/s1. The quantitative estimate of drug-likeness (QED) is 0.360. The SMILES string of the molecule is Cc1ccc(S(=O)(=O)n2ccc3c2ncc2nnc([C@@H]4CC[C@H](Cc5cnc(C#N)cn5)C4)n23)cc1. The molecule has 0 amide bonds. The van der Waals surface area contributed by atoms with Crippen LogP contribution in [0.25, 0.3) is 16.8 Å². The third-order valence-corrected chi connectivity index (χ3v) is 8.54. The van der Waals surface area contributed by atoms with E-state index in [9.17, 15) is 8.42 Å². The van der Waals surface area contributed by atoms with Gasteiger partial charge >= 0.3 is 0 Å². The summed E-state index contributed by atoms with van der Waals surface area (Å²) < 4.78 is 29.8. The Morgan fingerprint density at radius 1 is 1.03 bits per heavy atom. The molecule has 11 heteroatoms. The molecular formula is C25H22N8O2S. The van der Waals surface area contributed by atoms with Crippen LogP contribution in [0.2, 0.25) is 0 Å².